The summed E-state index contributed by atoms with van der Waals surface area (Å²) in [5.41, 5.74) is 6.34. The Morgan fingerprint density at radius 3 is 2.55 bits per heavy atom. The number of methoxy groups -OCH3 is 1. The molecule has 0 bridgehead atoms. The minimum Gasteiger partial charge on any atom is -0.481 e. The molecule has 156 valence electrons. The summed E-state index contributed by atoms with van der Waals surface area (Å²) in [6.45, 7) is 7.42. The number of halogens is 1. The van der Waals surface area contributed by atoms with E-state index in [1.165, 1.54) is 4.90 Å². The number of carbonyl (C=O) groups is 1. The lowest BCUT2D eigenvalue weighted by molar-refractivity contribution is 0.0520. The van der Waals surface area contributed by atoms with Crippen LogP contribution in [0.15, 0.2) is 29.0 Å². The SMILES string of the molecule is CC[C@]1(N)C[C@H](c2ncc(Br)cn2)c2nc(OC)ccc2N1C(=O)OC(C)(C)C. The van der Waals surface area contributed by atoms with Crippen LogP contribution in [0.3, 0.4) is 0 Å². The number of ether oxygens (including phenoxy) is 2. The van der Waals surface area contributed by atoms with Crippen molar-refractivity contribution >= 4 is 27.7 Å². The van der Waals surface area contributed by atoms with Crippen LogP contribution in [0, 0.1) is 0 Å². The number of aromatic nitrogens is 3. The first kappa shape index (κ1) is 21.4. The fourth-order valence-corrected chi connectivity index (χ4v) is 3.60. The molecule has 0 saturated heterocycles. The number of nitrogens with zero attached hydrogens (tertiary/aromatic N) is 4. The van der Waals surface area contributed by atoms with E-state index in [4.69, 9.17) is 15.2 Å². The van der Waals surface area contributed by atoms with Crippen LogP contribution < -0.4 is 15.4 Å². The largest absolute Gasteiger partial charge is 0.481 e. The smallest absolute Gasteiger partial charge is 0.416 e. The average molecular weight is 464 g/mol. The molecule has 2 atom stereocenters. The van der Waals surface area contributed by atoms with Gasteiger partial charge in [-0.05, 0) is 55.6 Å². The van der Waals surface area contributed by atoms with Gasteiger partial charge in [0.2, 0.25) is 5.88 Å². The summed E-state index contributed by atoms with van der Waals surface area (Å²) < 4.78 is 11.7. The molecule has 2 N–H and O–H groups in total. The quantitative estimate of drug-likeness (QED) is 0.733. The fourth-order valence-electron chi connectivity index (χ4n) is 3.40. The Bertz CT molecular complexity index is 900. The van der Waals surface area contributed by atoms with Crippen molar-refractivity contribution in [2.75, 3.05) is 12.0 Å². The van der Waals surface area contributed by atoms with Gasteiger partial charge in [0.05, 0.1) is 28.9 Å². The highest BCUT2D eigenvalue weighted by atomic mass is 79.9. The summed E-state index contributed by atoms with van der Waals surface area (Å²) in [7, 11) is 1.55. The third kappa shape index (κ3) is 4.35. The van der Waals surface area contributed by atoms with Gasteiger partial charge in [-0.3, -0.25) is 4.90 Å². The molecule has 1 amide bonds. The number of fused-ring (bicyclic) bond motifs is 1. The molecule has 0 aliphatic carbocycles. The molecule has 2 aromatic rings. The van der Waals surface area contributed by atoms with Crippen molar-refractivity contribution in [1.29, 1.82) is 0 Å². The maximum atomic E-state index is 13.1. The van der Waals surface area contributed by atoms with Crippen LogP contribution in [-0.2, 0) is 4.74 Å². The van der Waals surface area contributed by atoms with Crippen molar-refractivity contribution in [3.63, 3.8) is 0 Å². The molecule has 0 saturated carbocycles. The number of hydrogen-bond donors (Lipinski definition) is 1. The van der Waals surface area contributed by atoms with Gasteiger partial charge in [-0.1, -0.05) is 6.92 Å². The highest BCUT2D eigenvalue weighted by Crippen LogP contribution is 2.45. The Balaban J connectivity index is 2.17. The van der Waals surface area contributed by atoms with Crippen LogP contribution >= 0.6 is 15.9 Å². The highest BCUT2D eigenvalue weighted by molar-refractivity contribution is 9.10. The zero-order chi connectivity index (χ0) is 21.4. The summed E-state index contributed by atoms with van der Waals surface area (Å²) >= 11 is 3.36. The molecule has 9 heteroatoms. The van der Waals surface area contributed by atoms with Gasteiger partial charge in [0, 0.05) is 18.5 Å². The lowest BCUT2D eigenvalue weighted by Gasteiger charge is -2.46. The van der Waals surface area contributed by atoms with Crippen molar-refractivity contribution in [3.05, 3.63) is 40.5 Å². The van der Waals surface area contributed by atoms with E-state index in [1.54, 1.807) is 31.6 Å². The van der Waals surface area contributed by atoms with Gasteiger partial charge in [0.1, 0.15) is 17.1 Å². The van der Waals surface area contributed by atoms with Crippen molar-refractivity contribution in [1.82, 2.24) is 15.0 Å². The van der Waals surface area contributed by atoms with Crippen LogP contribution in [-0.4, -0.2) is 39.4 Å². The molecular formula is C20H26BrN5O3. The first-order valence-corrected chi connectivity index (χ1v) is 10.2. The Hall–Kier alpha value is -2.26. The molecule has 8 nitrogen and oxygen atoms in total. The van der Waals surface area contributed by atoms with Crippen LogP contribution in [0.25, 0.3) is 0 Å². The Kier molecular flexibility index (Phi) is 5.82. The van der Waals surface area contributed by atoms with Crippen LogP contribution in [0.2, 0.25) is 0 Å². The maximum Gasteiger partial charge on any atom is 0.416 e. The lowest BCUT2D eigenvalue weighted by atomic mass is 9.83. The standard InChI is InChI=1S/C20H26BrN5O3/c1-6-20(22)9-13(17-23-10-12(21)11-24-17)16-14(7-8-15(25-16)28-5)26(20)18(27)29-19(2,3)4/h7-8,10-11,13H,6,9,22H2,1-5H3/t13-,20+/m0/s1. The molecule has 1 aliphatic rings. The molecule has 1 aliphatic heterocycles. The van der Waals surface area contributed by atoms with E-state index in [-0.39, 0.29) is 5.92 Å². The molecule has 3 rings (SSSR count). The topological polar surface area (TPSA) is 103 Å². The molecule has 3 heterocycles. The summed E-state index contributed by atoms with van der Waals surface area (Å²) in [5, 5.41) is 0. The molecule has 29 heavy (non-hydrogen) atoms. The van der Waals surface area contributed by atoms with Gasteiger partial charge in [-0.25, -0.2) is 19.7 Å². The zero-order valence-electron chi connectivity index (χ0n) is 17.3. The molecule has 0 aromatic carbocycles. The van der Waals surface area contributed by atoms with E-state index in [1.807, 2.05) is 27.7 Å². The van der Waals surface area contributed by atoms with Gasteiger partial charge in [0.15, 0.2) is 0 Å². The van der Waals surface area contributed by atoms with Crippen molar-refractivity contribution in [3.8, 4) is 5.88 Å². The Morgan fingerprint density at radius 2 is 2.00 bits per heavy atom. The summed E-state index contributed by atoms with van der Waals surface area (Å²) in [5.74, 6) is 0.732. The minimum absolute atomic E-state index is 0.295. The van der Waals surface area contributed by atoms with Gasteiger partial charge in [-0.15, -0.1) is 0 Å². The lowest BCUT2D eigenvalue weighted by Crippen LogP contribution is -2.62. The van der Waals surface area contributed by atoms with E-state index >= 15 is 0 Å². The van der Waals surface area contributed by atoms with Crippen molar-refractivity contribution in [2.24, 2.45) is 5.73 Å². The zero-order valence-corrected chi connectivity index (χ0v) is 18.9. The Morgan fingerprint density at radius 1 is 1.34 bits per heavy atom. The first-order chi connectivity index (χ1) is 13.6. The second-order valence-electron chi connectivity index (χ2n) is 8.05. The molecule has 0 spiro atoms. The van der Waals surface area contributed by atoms with E-state index in [9.17, 15) is 4.79 Å². The number of amides is 1. The molecule has 0 unspecified atom stereocenters. The molecular weight excluding hydrogens is 438 g/mol. The first-order valence-electron chi connectivity index (χ1n) is 9.42. The summed E-state index contributed by atoms with van der Waals surface area (Å²) in [4.78, 5) is 28.2. The van der Waals surface area contributed by atoms with Gasteiger partial charge in [0.25, 0.3) is 0 Å². The van der Waals surface area contributed by atoms with Crippen LogP contribution in [0.1, 0.15) is 58.0 Å². The number of hydrogen-bond acceptors (Lipinski definition) is 7. The number of nitrogens with two attached hydrogens (primary N) is 1. The van der Waals surface area contributed by atoms with E-state index in [0.29, 0.717) is 35.9 Å². The van der Waals surface area contributed by atoms with E-state index in [0.717, 1.165) is 4.47 Å². The number of pyridine rings is 1. The van der Waals surface area contributed by atoms with E-state index in [2.05, 4.69) is 30.9 Å². The molecule has 0 radical (unpaired) electrons. The van der Waals surface area contributed by atoms with Gasteiger partial charge >= 0.3 is 6.09 Å². The van der Waals surface area contributed by atoms with Crippen LogP contribution in [0.5, 0.6) is 5.88 Å². The monoisotopic (exact) mass is 463 g/mol. The average Bonchev–Trinajstić information content (AvgIpc) is 2.66. The van der Waals surface area contributed by atoms with E-state index < -0.39 is 17.4 Å². The predicted octanol–water partition coefficient (Wildman–Crippen LogP) is 3.98. The third-order valence-corrected chi connectivity index (χ3v) is 5.21. The van der Waals surface area contributed by atoms with Crippen molar-refractivity contribution in [2.45, 2.75) is 57.7 Å². The predicted molar refractivity (Wildman–Crippen MR) is 113 cm³/mol. The minimum atomic E-state index is -0.979. The maximum absolute atomic E-state index is 13.1. The normalized spacial score (nSPS) is 21.5. The van der Waals surface area contributed by atoms with Crippen molar-refractivity contribution < 1.29 is 14.3 Å². The number of rotatable bonds is 3. The Labute approximate surface area is 179 Å². The van der Waals surface area contributed by atoms with Gasteiger partial charge in [-0.2, -0.15) is 0 Å². The summed E-state index contributed by atoms with van der Waals surface area (Å²) in [6.07, 6.45) is 3.78. The highest BCUT2D eigenvalue weighted by Gasteiger charge is 2.47. The molecule has 2 aromatic heterocycles. The second-order valence-corrected chi connectivity index (χ2v) is 8.96. The van der Waals surface area contributed by atoms with Gasteiger partial charge < -0.3 is 15.2 Å². The molecule has 0 fully saturated rings. The van der Waals surface area contributed by atoms with Crippen LogP contribution in [0.4, 0.5) is 10.5 Å². The number of carbonyl (C=O) groups excluding carboxylic acids is 1. The second kappa shape index (κ2) is 7.87. The third-order valence-electron chi connectivity index (χ3n) is 4.80. The summed E-state index contributed by atoms with van der Waals surface area (Å²) in [6, 6.07) is 3.49. The number of anilines is 1. The fraction of sp³-hybridized carbons (Fsp3) is 0.500.